The van der Waals surface area contributed by atoms with Gasteiger partial charge in [0.25, 0.3) is 0 Å². The largest absolute Gasteiger partial charge is 0.424 e. The van der Waals surface area contributed by atoms with Gasteiger partial charge in [-0.3, -0.25) is 0 Å². The average Bonchev–Trinajstić information content (AvgIpc) is 2.59. The third-order valence-corrected chi connectivity index (χ3v) is 2.30. The van der Waals surface area contributed by atoms with Crippen LogP contribution in [0, 0.1) is 0 Å². The summed E-state index contributed by atoms with van der Waals surface area (Å²) in [6.07, 6.45) is 2.92. The van der Waals surface area contributed by atoms with Crippen LogP contribution in [-0.2, 0) is 13.0 Å². The van der Waals surface area contributed by atoms with E-state index >= 15 is 0 Å². The summed E-state index contributed by atoms with van der Waals surface area (Å²) in [5.41, 5.74) is 0. The van der Waals surface area contributed by atoms with Crippen molar-refractivity contribution in [2.75, 3.05) is 12.0 Å². The Morgan fingerprint density at radius 3 is 2.71 bits per heavy atom. The summed E-state index contributed by atoms with van der Waals surface area (Å²) in [6, 6.07) is 0.441. The first kappa shape index (κ1) is 11.5. The van der Waals surface area contributed by atoms with Gasteiger partial charge in [-0.2, -0.15) is 11.8 Å². The summed E-state index contributed by atoms with van der Waals surface area (Å²) in [4.78, 5) is 0. The van der Waals surface area contributed by atoms with Gasteiger partial charge in [-0.05, 0) is 6.26 Å². The van der Waals surface area contributed by atoms with Crippen molar-refractivity contribution >= 4 is 11.8 Å². The Bertz CT molecular complexity index is 262. The molecule has 0 aliphatic rings. The number of nitrogens with zero attached hydrogens (tertiary/aromatic N) is 2. The number of rotatable bonds is 6. The number of hydrogen-bond acceptors (Lipinski definition) is 5. The van der Waals surface area contributed by atoms with Gasteiger partial charge in [0, 0.05) is 18.2 Å². The fourth-order valence-corrected chi connectivity index (χ4v) is 1.32. The number of hydrogen-bond donors (Lipinski definition) is 1. The molecule has 0 amide bonds. The Morgan fingerprint density at radius 2 is 2.07 bits per heavy atom. The molecular weight excluding hydrogens is 198 g/mol. The number of aryl methyl sites for hydroxylation is 1. The standard InChI is InChI=1S/C9H17N3OS/c1-7(2)10-6-9-12-11-8(13-9)4-5-14-3/h7,10H,4-6H2,1-3H3. The summed E-state index contributed by atoms with van der Waals surface area (Å²) < 4.78 is 5.44. The summed E-state index contributed by atoms with van der Waals surface area (Å²) in [5.74, 6) is 2.44. The van der Waals surface area contributed by atoms with Crippen LogP contribution in [0.15, 0.2) is 4.42 Å². The average molecular weight is 215 g/mol. The van der Waals surface area contributed by atoms with Gasteiger partial charge in [0.15, 0.2) is 0 Å². The van der Waals surface area contributed by atoms with E-state index in [4.69, 9.17) is 4.42 Å². The smallest absolute Gasteiger partial charge is 0.230 e. The van der Waals surface area contributed by atoms with E-state index in [1.54, 1.807) is 11.8 Å². The van der Waals surface area contributed by atoms with Crippen LogP contribution in [0.5, 0.6) is 0 Å². The van der Waals surface area contributed by atoms with Crippen molar-refractivity contribution in [2.24, 2.45) is 0 Å². The summed E-state index contributed by atoms with van der Waals surface area (Å²) in [5, 5.41) is 11.1. The summed E-state index contributed by atoms with van der Waals surface area (Å²) in [7, 11) is 0. The van der Waals surface area contributed by atoms with Gasteiger partial charge in [0.1, 0.15) is 0 Å². The molecule has 1 aromatic rings. The molecule has 14 heavy (non-hydrogen) atoms. The number of thioether (sulfide) groups is 1. The lowest BCUT2D eigenvalue weighted by atomic mass is 10.4. The quantitative estimate of drug-likeness (QED) is 0.779. The van der Waals surface area contributed by atoms with Crippen molar-refractivity contribution in [3.63, 3.8) is 0 Å². The highest BCUT2D eigenvalue weighted by atomic mass is 32.2. The molecule has 0 atom stereocenters. The van der Waals surface area contributed by atoms with E-state index in [9.17, 15) is 0 Å². The zero-order chi connectivity index (χ0) is 10.4. The van der Waals surface area contributed by atoms with Gasteiger partial charge in [-0.15, -0.1) is 10.2 Å². The van der Waals surface area contributed by atoms with Crippen LogP contribution in [0.1, 0.15) is 25.6 Å². The van der Waals surface area contributed by atoms with Crippen LogP contribution in [0.4, 0.5) is 0 Å². The van der Waals surface area contributed by atoms with E-state index in [0.717, 1.165) is 18.1 Å². The van der Waals surface area contributed by atoms with Crippen LogP contribution in [0.25, 0.3) is 0 Å². The van der Waals surface area contributed by atoms with Gasteiger partial charge in [-0.1, -0.05) is 13.8 Å². The molecule has 0 unspecified atom stereocenters. The minimum atomic E-state index is 0.441. The maximum absolute atomic E-state index is 5.44. The molecule has 1 aromatic heterocycles. The predicted molar refractivity (Wildman–Crippen MR) is 58.4 cm³/mol. The Kier molecular flexibility index (Phi) is 4.97. The molecule has 0 bridgehead atoms. The third kappa shape index (κ3) is 4.11. The highest BCUT2D eigenvalue weighted by molar-refractivity contribution is 7.98. The Balaban J connectivity index is 2.35. The van der Waals surface area contributed by atoms with Crippen molar-refractivity contribution in [1.29, 1.82) is 0 Å². The highest BCUT2D eigenvalue weighted by Gasteiger charge is 2.05. The van der Waals surface area contributed by atoms with Gasteiger partial charge < -0.3 is 9.73 Å². The first-order valence-corrected chi connectivity index (χ1v) is 6.15. The molecule has 5 heteroatoms. The molecule has 80 valence electrons. The van der Waals surface area contributed by atoms with Crippen molar-refractivity contribution in [3.8, 4) is 0 Å². The summed E-state index contributed by atoms with van der Waals surface area (Å²) in [6.45, 7) is 4.83. The van der Waals surface area contributed by atoms with Gasteiger partial charge in [-0.25, -0.2) is 0 Å². The molecule has 0 aromatic carbocycles. The van der Waals surface area contributed by atoms with Gasteiger partial charge in [0.2, 0.25) is 11.8 Å². The lowest BCUT2D eigenvalue weighted by molar-refractivity contribution is 0.425. The highest BCUT2D eigenvalue weighted by Crippen LogP contribution is 2.03. The molecule has 0 radical (unpaired) electrons. The topological polar surface area (TPSA) is 51.0 Å². The van der Waals surface area contributed by atoms with Gasteiger partial charge >= 0.3 is 0 Å². The molecule has 1 N–H and O–H groups in total. The van der Waals surface area contributed by atoms with E-state index in [0.29, 0.717) is 18.5 Å². The molecule has 0 fully saturated rings. The molecular formula is C9H17N3OS. The van der Waals surface area contributed by atoms with E-state index in [-0.39, 0.29) is 0 Å². The van der Waals surface area contributed by atoms with Crippen molar-refractivity contribution in [1.82, 2.24) is 15.5 Å². The molecule has 0 aliphatic heterocycles. The molecule has 1 heterocycles. The second-order valence-corrected chi connectivity index (χ2v) is 4.35. The number of nitrogens with one attached hydrogen (secondary N) is 1. The van der Waals surface area contributed by atoms with Gasteiger partial charge in [0.05, 0.1) is 6.54 Å². The molecule has 0 spiro atoms. The van der Waals surface area contributed by atoms with E-state index in [2.05, 4.69) is 35.6 Å². The zero-order valence-corrected chi connectivity index (χ0v) is 9.73. The maximum Gasteiger partial charge on any atom is 0.230 e. The predicted octanol–water partition coefficient (Wildman–Crippen LogP) is 1.47. The van der Waals surface area contributed by atoms with Crippen LogP contribution in [0.2, 0.25) is 0 Å². The number of aromatic nitrogens is 2. The van der Waals surface area contributed by atoms with Crippen LogP contribution in [0.3, 0.4) is 0 Å². The first-order valence-electron chi connectivity index (χ1n) is 4.76. The SMILES string of the molecule is CSCCc1nnc(CNC(C)C)o1. The van der Waals surface area contributed by atoms with E-state index < -0.39 is 0 Å². The zero-order valence-electron chi connectivity index (χ0n) is 8.91. The van der Waals surface area contributed by atoms with Crippen molar-refractivity contribution in [2.45, 2.75) is 32.9 Å². The minimum Gasteiger partial charge on any atom is -0.424 e. The lowest BCUT2D eigenvalue weighted by Crippen LogP contribution is -2.21. The minimum absolute atomic E-state index is 0.441. The van der Waals surface area contributed by atoms with Crippen molar-refractivity contribution in [3.05, 3.63) is 11.8 Å². The fraction of sp³-hybridized carbons (Fsp3) is 0.778. The monoisotopic (exact) mass is 215 g/mol. The molecule has 0 saturated carbocycles. The van der Waals surface area contributed by atoms with Crippen LogP contribution in [-0.4, -0.2) is 28.2 Å². The first-order chi connectivity index (χ1) is 6.72. The van der Waals surface area contributed by atoms with E-state index in [1.807, 2.05) is 0 Å². The summed E-state index contributed by atoms with van der Waals surface area (Å²) >= 11 is 1.78. The maximum atomic E-state index is 5.44. The lowest BCUT2D eigenvalue weighted by Gasteiger charge is -2.03. The third-order valence-electron chi connectivity index (χ3n) is 1.69. The van der Waals surface area contributed by atoms with Crippen LogP contribution >= 0.6 is 11.8 Å². The Hall–Kier alpha value is -0.550. The molecule has 0 saturated heterocycles. The second-order valence-electron chi connectivity index (χ2n) is 3.37. The Labute approximate surface area is 88.9 Å². The van der Waals surface area contributed by atoms with Crippen LogP contribution < -0.4 is 5.32 Å². The molecule has 1 rings (SSSR count). The molecule has 0 aliphatic carbocycles. The molecule has 4 nitrogen and oxygen atoms in total. The Morgan fingerprint density at radius 1 is 1.36 bits per heavy atom. The van der Waals surface area contributed by atoms with Crippen molar-refractivity contribution < 1.29 is 4.42 Å². The second kappa shape index (κ2) is 6.03. The van der Waals surface area contributed by atoms with E-state index in [1.165, 1.54) is 0 Å². The normalized spacial score (nSPS) is 11.1. The fourth-order valence-electron chi connectivity index (χ4n) is 0.942.